The molecule has 0 spiro atoms. The molecule has 718 valence electrons. The van der Waals surface area contributed by atoms with E-state index in [1.807, 2.05) is 81.4 Å². The lowest BCUT2D eigenvalue weighted by Crippen LogP contribution is -2.32. The van der Waals surface area contributed by atoms with Gasteiger partial charge in [0.05, 0.1) is 73.6 Å². The fourth-order valence-electron chi connectivity index (χ4n) is 14.6. The molecule has 135 heavy (non-hydrogen) atoms. The number of pyridine rings is 2. The molecule has 44 nitrogen and oxygen atoms in total. The largest absolute Gasteiger partial charge is 0.506 e. The highest BCUT2D eigenvalue weighted by atomic mass is 32.9. The van der Waals surface area contributed by atoms with Gasteiger partial charge in [-0.25, -0.2) is 47.7 Å². The second-order valence-corrected chi connectivity index (χ2v) is 39.9. The first-order valence-corrected chi connectivity index (χ1v) is 48.7. The molecule has 2 amide bonds. The minimum absolute atomic E-state index is 0.00213. The second-order valence-electron chi connectivity index (χ2n) is 33.0. The first kappa shape index (κ1) is 102. The Kier molecular flexibility index (Phi) is 35.4. The van der Waals surface area contributed by atoms with Crippen LogP contribution in [0.25, 0.3) is 43.6 Å². The Morgan fingerprint density at radius 3 is 1.56 bits per heavy atom. The first-order valence-electron chi connectivity index (χ1n) is 42.5. The van der Waals surface area contributed by atoms with E-state index in [0.717, 1.165) is 16.3 Å². The minimum Gasteiger partial charge on any atom is -0.484 e. The summed E-state index contributed by atoms with van der Waals surface area (Å²) < 4.78 is 94.2. The standard InChI is InChI=1S/C39H46N9O11PS.C39H46N9O11P.C5H7N3S3.C2H3N/c1-7-27-28(20-32(56-27)48-35-33(44-45-48)26(12-14-41-35)43-30(49)22-53-25-10-8-24(9-11-25)39(3,4)5)59-60(61,54-19-16-40-6)55-21-29-23(2)34(58-38(51)52)36(57-29)47-17-13-31(50)46-18-15-42-37(46)47;1-7-27-28(20-32(56-27)48-35-33(44-45-48)26(12-14-41-35)43-30(49)22-53-25-10-8-24(9-11-25)39(3,4)5)59-60(54-19-16-40-6)55-21-29-23(2)34(58-38(51)52)36(57-29)47-17-13-31(50)46-18-15-42-37(46)47;1-8(2)3-6-4-7-5(9)11-10-4;1-2-3/h8-15,17-18,23,27-29,32,34,36H,7,16,19-22H2,1-5H3,(H,51,52)(H,41,43,49);8-15,17-18,23,27-29,32,34,36H,7,16,19-22H2,1-5H3,(H,51,52)(H,41,43,49);3H,1-2H3;1H3/t2*23-,27-,28+,29-,32-,34-,36-,60?;;/m11../s1. The number of amides is 2. The molecular formula is C85H102N22O22P2S4. The van der Waals surface area contributed by atoms with Crippen LogP contribution in [-0.4, -0.2) is 234 Å². The minimum atomic E-state index is -3.63. The SMILES string of the molecule is CC#N.CN(C)C=Nc1nc(=S)ss1.[C-]#[N+]CCOP(=S)(OC[C@H]1O[C@@H](n2ccc(=O)n3ccnc23)[C@H](OC(=O)O)[C@@H]1C)O[C@H]1C[C@H](n2nnc3c(NC(=O)COc4ccc(C(C)(C)C)cc4)ccnc32)O[C@@H]1CC.[C-]#[N+]CCOP(OC[C@H]1O[C@@H](n2ccc(=O)n3ccnc23)[C@H](OC(=O)O)[C@@H]1C)O[C@H]1C[C@H](n2nnc3c(NC(=O)COc4ccc(C(C)(C)C)cc4)ccnc32)O[C@@H]1CC. The Labute approximate surface area is 792 Å². The molecule has 50 heteroatoms. The quantitative estimate of drug-likeness (QED) is 0.00425. The summed E-state index contributed by atoms with van der Waals surface area (Å²) in [6.07, 6.45) is 3.33. The number of hydrogen-bond donors (Lipinski definition) is 4. The summed E-state index contributed by atoms with van der Waals surface area (Å²) in [6.45, 7) is 31.7. The van der Waals surface area contributed by atoms with Gasteiger partial charge < -0.3 is 100 Å². The Bertz CT molecular complexity index is 6320. The Balaban J connectivity index is 0.000000212. The Hall–Kier alpha value is -11.7. The maximum absolute atomic E-state index is 13.0. The van der Waals surface area contributed by atoms with Gasteiger partial charge in [-0.15, -0.1) is 10.2 Å². The highest BCUT2D eigenvalue weighted by Crippen LogP contribution is 2.55. The molecule has 0 aliphatic carbocycles. The molecule has 0 saturated carbocycles. The molecule has 4 aliphatic heterocycles. The van der Waals surface area contributed by atoms with Crippen molar-refractivity contribution in [2.75, 3.05) is 77.5 Å². The molecule has 13 heterocycles. The van der Waals surface area contributed by atoms with E-state index in [4.69, 9.17) is 107 Å². The van der Waals surface area contributed by atoms with Crippen molar-refractivity contribution in [2.24, 2.45) is 16.8 Å². The second kappa shape index (κ2) is 46.7. The lowest BCUT2D eigenvalue weighted by molar-refractivity contribution is -0.118. The van der Waals surface area contributed by atoms with Crippen molar-refractivity contribution in [1.29, 1.82) is 5.26 Å². The van der Waals surface area contributed by atoms with Gasteiger partial charge in [-0.05, 0) is 116 Å². The van der Waals surface area contributed by atoms with Crippen LogP contribution in [0.4, 0.5) is 26.1 Å². The smallest absolute Gasteiger partial charge is 0.484 e. The number of carbonyl (C=O) groups excluding carboxylic acids is 2. The number of nitriles is 1. The van der Waals surface area contributed by atoms with Crippen LogP contribution >= 0.6 is 48.2 Å². The van der Waals surface area contributed by atoms with Gasteiger partial charge in [0.2, 0.25) is 29.8 Å². The number of benzene rings is 2. The zero-order valence-electron chi connectivity index (χ0n) is 75.7. The summed E-state index contributed by atoms with van der Waals surface area (Å²) in [5.74, 6) is -0.247. The van der Waals surface area contributed by atoms with E-state index in [1.165, 1.54) is 106 Å². The number of aliphatic imine (C=N–C) groups is 1. The molecule has 2 unspecified atom stereocenters. The number of ether oxygens (including phenoxy) is 8. The molecule has 0 bridgehead atoms. The predicted molar refractivity (Wildman–Crippen MR) is 499 cm³/mol. The number of hydrogen-bond acceptors (Lipinski definition) is 35. The predicted octanol–water partition coefficient (Wildman–Crippen LogP) is 13.7. The number of carbonyl (C=O) groups is 4. The number of nitrogens with zero attached hydrogens (tertiary/aromatic N) is 20. The van der Waals surface area contributed by atoms with Gasteiger partial charge in [-0.2, -0.15) is 19.6 Å². The van der Waals surface area contributed by atoms with E-state index < -0.39 is 119 Å². The van der Waals surface area contributed by atoms with Crippen LogP contribution in [0.15, 0.2) is 137 Å². The van der Waals surface area contributed by atoms with Crippen LogP contribution in [-0.2, 0) is 87.8 Å². The number of imidazole rings is 2. The number of fused-ring (bicyclic) bond motifs is 4. The van der Waals surface area contributed by atoms with Crippen molar-refractivity contribution in [3.63, 3.8) is 0 Å². The van der Waals surface area contributed by atoms with Crippen LogP contribution in [0.3, 0.4) is 0 Å². The lowest BCUT2D eigenvalue weighted by atomic mass is 9.87. The molecule has 4 N–H and O–H groups in total. The average molecular weight is 1970 g/mol. The molecule has 9 aromatic heterocycles. The van der Waals surface area contributed by atoms with Gasteiger partial charge in [0.15, 0.2) is 76.6 Å². The van der Waals surface area contributed by atoms with Gasteiger partial charge in [0, 0.05) is 107 Å². The average Bonchev–Trinajstić information content (AvgIpc) is 1.63. The molecule has 11 aromatic rings. The van der Waals surface area contributed by atoms with E-state index >= 15 is 0 Å². The van der Waals surface area contributed by atoms with Crippen molar-refractivity contribution < 1.29 is 94.4 Å². The number of aromatic nitrogens is 15. The summed E-state index contributed by atoms with van der Waals surface area (Å²) in [5.41, 5.74) is 3.88. The van der Waals surface area contributed by atoms with Crippen LogP contribution in [0.1, 0.15) is 138 Å². The molecule has 0 radical (unpaired) electrons. The molecule has 4 saturated heterocycles. The van der Waals surface area contributed by atoms with E-state index in [9.17, 15) is 39.0 Å². The monoisotopic (exact) mass is 1970 g/mol. The van der Waals surface area contributed by atoms with E-state index in [-0.39, 0.29) is 98.6 Å². The van der Waals surface area contributed by atoms with E-state index in [1.54, 1.807) is 49.2 Å². The zero-order chi connectivity index (χ0) is 97.0. The third-order valence-corrected chi connectivity index (χ3v) is 27.4. The van der Waals surface area contributed by atoms with Crippen molar-refractivity contribution in [2.45, 2.75) is 186 Å². The molecule has 16 atom stereocenters. The third-order valence-electron chi connectivity index (χ3n) is 21.4. The summed E-state index contributed by atoms with van der Waals surface area (Å²) in [6, 6.07) is 22.9. The fraction of sp³-hybridized carbons (Fsp3) is 0.482. The summed E-state index contributed by atoms with van der Waals surface area (Å²) in [4.78, 5) is 108. The van der Waals surface area contributed by atoms with E-state index in [0.29, 0.717) is 68.4 Å². The first-order chi connectivity index (χ1) is 64.6. The number of carboxylic acid groups (broad SMARTS) is 2. The van der Waals surface area contributed by atoms with Crippen LogP contribution in [0, 0.1) is 40.3 Å². The van der Waals surface area contributed by atoms with Gasteiger partial charge in [0.25, 0.3) is 22.9 Å². The number of anilines is 2. The zero-order valence-corrected chi connectivity index (χ0v) is 80.8. The van der Waals surface area contributed by atoms with Gasteiger partial charge in [0.1, 0.15) is 24.7 Å². The summed E-state index contributed by atoms with van der Waals surface area (Å²) >= 11 is 10.8. The highest BCUT2D eigenvalue weighted by molar-refractivity contribution is 8.07. The lowest BCUT2D eigenvalue weighted by Gasteiger charge is -2.28. The topological polar surface area (TPSA) is 489 Å². The third kappa shape index (κ3) is 26.3. The molecule has 2 aromatic carbocycles. The van der Waals surface area contributed by atoms with E-state index in [2.05, 4.69) is 112 Å². The van der Waals surface area contributed by atoms with Crippen LogP contribution < -0.4 is 31.2 Å². The Morgan fingerprint density at radius 1 is 0.652 bits per heavy atom. The van der Waals surface area contributed by atoms with Gasteiger partial charge >= 0.3 is 27.6 Å². The molecule has 4 aliphatic rings. The van der Waals surface area contributed by atoms with Crippen LogP contribution in [0.5, 0.6) is 11.5 Å². The number of rotatable bonds is 34. The van der Waals surface area contributed by atoms with Gasteiger partial charge in [-0.1, -0.05) is 104 Å². The number of nitrogens with one attached hydrogen (secondary N) is 2. The van der Waals surface area contributed by atoms with Crippen molar-refractivity contribution in [3.8, 4) is 17.6 Å². The maximum atomic E-state index is 13.0. The van der Waals surface area contributed by atoms with Crippen molar-refractivity contribution >= 4 is 141 Å². The van der Waals surface area contributed by atoms with Crippen LogP contribution in [0.2, 0.25) is 0 Å². The van der Waals surface area contributed by atoms with Crippen molar-refractivity contribution in [1.82, 2.24) is 77.7 Å². The molecular weight excluding hydrogens is 1870 g/mol. The Morgan fingerprint density at radius 2 is 1.12 bits per heavy atom. The normalized spacial score (nSPS) is 22.1. The summed E-state index contributed by atoms with van der Waals surface area (Å²) in [7, 11) is 4.71. The highest BCUT2D eigenvalue weighted by Gasteiger charge is 2.50. The summed E-state index contributed by atoms with van der Waals surface area (Å²) in [5, 5.41) is 50.2. The molecule has 4 fully saturated rings. The van der Waals surface area contributed by atoms with Crippen molar-refractivity contribution in [3.05, 3.63) is 181 Å². The maximum Gasteiger partial charge on any atom is 0.506 e. The van der Waals surface area contributed by atoms with Gasteiger partial charge in [-0.3, -0.25) is 37.1 Å². The molecule has 15 rings (SSSR count). The fourth-order valence-corrected chi connectivity index (χ4v) is 19.7.